The van der Waals surface area contributed by atoms with Crippen molar-refractivity contribution in [3.63, 3.8) is 0 Å². The molecule has 106 valence electrons. The maximum absolute atomic E-state index is 6.22. The maximum Gasteiger partial charge on any atom is 0.149 e. The summed E-state index contributed by atoms with van der Waals surface area (Å²) in [5.41, 5.74) is 7.99. The summed E-state index contributed by atoms with van der Waals surface area (Å²) in [5, 5.41) is 11.0. The lowest BCUT2D eigenvalue weighted by Gasteiger charge is -2.07. The van der Waals surface area contributed by atoms with Crippen LogP contribution in [0.15, 0.2) is 48.5 Å². The predicted octanol–water partition coefficient (Wildman–Crippen LogP) is 4.56. The molecule has 0 saturated heterocycles. The molecule has 0 fully saturated rings. The number of rotatable bonds is 3. The van der Waals surface area contributed by atoms with E-state index in [0.29, 0.717) is 15.1 Å². The van der Waals surface area contributed by atoms with E-state index in [0.717, 1.165) is 16.1 Å². The molecule has 3 rings (SSSR count). The number of hydrogen-bond donors (Lipinski definition) is 1. The Morgan fingerprint density at radius 3 is 2.52 bits per heavy atom. The van der Waals surface area contributed by atoms with Crippen molar-refractivity contribution in [2.75, 3.05) is 0 Å². The van der Waals surface area contributed by atoms with Crippen LogP contribution in [0.1, 0.15) is 16.6 Å². The van der Waals surface area contributed by atoms with Gasteiger partial charge in [-0.2, -0.15) is 0 Å². The van der Waals surface area contributed by atoms with Gasteiger partial charge in [0, 0.05) is 10.6 Å². The molecule has 3 nitrogen and oxygen atoms in total. The van der Waals surface area contributed by atoms with Crippen LogP contribution < -0.4 is 5.73 Å². The van der Waals surface area contributed by atoms with Crippen molar-refractivity contribution < 1.29 is 0 Å². The van der Waals surface area contributed by atoms with Crippen LogP contribution in [0.2, 0.25) is 10.0 Å². The fraction of sp³-hybridized carbons (Fsp3) is 0.0667. The van der Waals surface area contributed by atoms with Crippen LogP contribution in [-0.2, 0) is 0 Å². The third-order valence-electron chi connectivity index (χ3n) is 3.02. The third kappa shape index (κ3) is 3.09. The Kier molecular flexibility index (Phi) is 4.22. The summed E-state index contributed by atoms with van der Waals surface area (Å²) in [5.74, 6) is 0. The molecule has 0 spiro atoms. The SMILES string of the molecule is NC(c1ccccc1)c1nnc(-c2cc(Cl)ccc2Cl)s1. The van der Waals surface area contributed by atoms with Crippen molar-refractivity contribution in [2.45, 2.75) is 6.04 Å². The molecule has 1 heterocycles. The smallest absolute Gasteiger partial charge is 0.149 e. The molecule has 3 aromatic rings. The summed E-state index contributed by atoms with van der Waals surface area (Å²) in [6.07, 6.45) is 0. The first-order valence-electron chi connectivity index (χ1n) is 6.24. The summed E-state index contributed by atoms with van der Waals surface area (Å²) >= 11 is 13.6. The van der Waals surface area contributed by atoms with Crippen molar-refractivity contribution in [3.8, 4) is 10.6 Å². The fourth-order valence-electron chi connectivity index (χ4n) is 1.93. The predicted molar refractivity (Wildman–Crippen MR) is 87.8 cm³/mol. The summed E-state index contributed by atoms with van der Waals surface area (Å²) < 4.78 is 0. The van der Waals surface area contributed by atoms with Crippen molar-refractivity contribution in [3.05, 3.63) is 69.1 Å². The second-order valence-corrected chi connectivity index (χ2v) is 6.31. The molecule has 0 amide bonds. The van der Waals surface area contributed by atoms with Gasteiger partial charge in [0.25, 0.3) is 0 Å². The van der Waals surface area contributed by atoms with Crippen LogP contribution in [-0.4, -0.2) is 10.2 Å². The van der Waals surface area contributed by atoms with Crippen LogP contribution in [0.4, 0.5) is 0 Å². The molecule has 0 aliphatic heterocycles. The average Bonchev–Trinajstić information content (AvgIpc) is 2.99. The first-order chi connectivity index (χ1) is 10.1. The molecule has 0 radical (unpaired) electrons. The molecule has 1 aromatic heterocycles. The zero-order valence-electron chi connectivity index (χ0n) is 10.8. The molecule has 2 N–H and O–H groups in total. The Morgan fingerprint density at radius 1 is 1.00 bits per heavy atom. The quantitative estimate of drug-likeness (QED) is 0.763. The molecular formula is C15H11Cl2N3S. The van der Waals surface area contributed by atoms with E-state index in [1.807, 2.05) is 30.3 Å². The maximum atomic E-state index is 6.22. The number of benzene rings is 2. The monoisotopic (exact) mass is 335 g/mol. The standard InChI is InChI=1S/C15H11Cl2N3S/c16-10-6-7-12(17)11(8-10)14-19-20-15(21-14)13(18)9-4-2-1-3-5-9/h1-8,13H,18H2. The van der Waals surface area contributed by atoms with Gasteiger partial charge < -0.3 is 5.73 Å². The van der Waals surface area contributed by atoms with E-state index in [-0.39, 0.29) is 6.04 Å². The highest BCUT2D eigenvalue weighted by atomic mass is 35.5. The van der Waals surface area contributed by atoms with Gasteiger partial charge in [-0.05, 0) is 23.8 Å². The van der Waals surface area contributed by atoms with E-state index in [9.17, 15) is 0 Å². The number of nitrogens with two attached hydrogens (primary N) is 1. The Morgan fingerprint density at radius 2 is 1.76 bits per heavy atom. The second-order valence-electron chi connectivity index (χ2n) is 4.46. The number of hydrogen-bond acceptors (Lipinski definition) is 4. The Labute approximate surface area is 136 Å². The minimum absolute atomic E-state index is 0.296. The van der Waals surface area contributed by atoms with Crippen molar-refractivity contribution in [1.82, 2.24) is 10.2 Å². The Bertz CT molecular complexity index is 759. The van der Waals surface area contributed by atoms with Gasteiger partial charge in [0.15, 0.2) is 0 Å². The molecule has 21 heavy (non-hydrogen) atoms. The van der Waals surface area contributed by atoms with Gasteiger partial charge in [-0.3, -0.25) is 0 Å². The molecule has 6 heteroatoms. The van der Waals surface area contributed by atoms with E-state index in [1.165, 1.54) is 11.3 Å². The van der Waals surface area contributed by atoms with Gasteiger partial charge in [-0.25, -0.2) is 0 Å². The zero-order valence-corrected chi connectivity index (χ0v) is 13.2. The average molecular weight is 336 g/mol. The van der Waals surface area contributed by atoms with E-state index in [4.69, 9.17) is 28.9 Å². The number of nitrogens with zero attached hydrogens (tertiary/aromatic N) is 2. The fourth-order valence-corrected chi connectivity index (χ4v) is 3.27. The van der Waals surface area contributed by atoms with Gasteiger partial charge >= 0.3 is 0 Å². The van der Waals surface area contributed by atoms with Crippen molar-refractivity contribution in [1.29, 1.82) is 0 Å². The van der Waals surface area contributed by atoms with E-state index >= 15 is 0 Å². The Balaban J connectivity index is 1.95. The molecular weight excluding hydrogens is 325 g/mol. The lowest BCUT2D eigenvalue weighted by Crippen LogP contribution is -2.11. The van der Waals surface area contributed by atoms with Gasteiger partial charge in [0.2, 0.25) is 0 Å². The summed E-state index contributed by atoms with van der Waals surface area (Å²) in [6, 6.07) is 14.8. The Hall–Kier alpha value is -1.46. The largest absolute Gasteiger partial charge is 0.318 e. The van der Waals surface area contributed by atoms with E-state index in [1.54, 1.807) is 18.2 Å². The van der Waals surface area contributed by atoms with E-state index < -0.39 is 0 Å². The molecule has 0 saturated carbocycles. The molecule has 2 aromatic carbocycles. The third-order valence-corrected chi connectivity index (χ3v) is 4.63. The van der Waals surface area contributed by atoms with Crippen LogP contribution in [0, 0.1) is 0 Å². The minimum atomic E-state index is -0.296. The van der Waals surface area contributed by atoms with Gasteiger partial charge in [0.05, 0.1) is 11.1 Å². The van der Waals surface area contributed by atoms with Crippen LogP contribution >= 0.6 is 34.5 Å². The second kappa shape index (κ2) is 6.12. The van der Waals surface area contributed by atoms with Gasteiger partial charge in [-0.15, -0.1) is 10.2 Å². The number of halogens is 2. The first kappa shape index (κ1) is 14.5. The normalized spacial score (nSPS) is 12.3. The topological polar surface area (TPSA) is 51.8 Å². The highest BCUT2D eigenvalue weighted by molar-refractivity contribution is 7.14. The lowest BCUT2D eigenvalue weighted by atomic mass is 10.1. The van der Waals surface area contributed by atoms with Crippen molar-refractivity contribution in [2.24, 2.45) is 5.73 Å². The first-order valence-corrected chi connectivity index (χ1v) is 7.82. The molecule has 1 atom stereocenters. The van der Waals surface area contributed by atoms with Crippen LogP contribution in [0.3, 0.4) is 0 Å². The van der Waals surface area contributed by atoms with Crippen LogP contribution in [0.5, 0.6) is 0 Å². The molecule has 0 aliphatic rings. The zero-order chi connectivity index (χ0) is 14.8. The highest BCUT2D eigenvalue weighted by Gasteiger charge is 2.16. The summed E-state index contributed by atoms with van der Waals surface area (Å²) in [7, 11) is 0. The minimum Gasteiger partial charge on any atom is -0.318 e. The molecule has 0 bridgehead atoms. The van der Waals surface area contributed by atoms with Gasteiger partial charge in [0.1, 0.15) is 10.0 Å². The number of aromatic nitrogens is 2. The summed E-state index contributed by atoms with van der Waals surface area (Å²) in [4.78, 5) is 0. The highest BCUT2D eigenvalue weighted by Crippen LogP contribution is 2.34. The van der Waals surface area contributed by atoms with Gasteiger partial charge in [-0.1, -0.05) is 64.9 Å². The van der Waals surface area contributed by atoms with E-state index in [2.05, 4.69) is 10.2 Å². The lowest BCUT2D eigenvalue weighted by molar-refractivity contribution is 0.831. The van der Waals surface area contributed by atoms with Crippen LogP contribution in [0.25, 0.3) is 10.6 Å². The van der Waals surface area contributed by atoms with Crippen molar-refractivity contribution >= 4 is 34.5 Å². The summed E-state index contributed by atoms with van der Waals surface area (Å²) in [6.45, 7) is 0. The molecule has 0 aliphatic carbocycles. The molecule has 1 unspecified atom stereocenters.